The molecule has 4 N–H and O–H groups in total. The number of rotatable bonds is 20. The first-order valence-corrected chi connectivity index (χ1v) is 33.2. The maximum Gasteiger partial charge on any atom is 0.410 e. The number of likely N-dealkylation sites (N-methyl/N-ethyl adjacent to an activating group) is 2. The summed E-state index contributed by atoms with van der Waals surface area (Å²) in [5.74, 6) is -1.18. The fourth-order valence-electron chi connectivity index (χ4n) is 12.1. The quantitative estimate of drug-likeness (QED) is 0.0646. The van der Waals surface area contributed by atoms with Gasteiger partial charge in [-0.25, -0.2) is 9.59 Å². The van der Waals surface area contributed by atoms with Gasteiger partial charge in [0.2, 0.25) is 35.4 Å². The summed E-state index contributed by atoms with van der Waals surface area (Å²) in [7, 11) is 2.97. The standard InChI is InChI=1S/C68H92N8O12S2/c1-41(73(13)63(83)87-65(3,4)5)57(77)69-49-29-31-89-53-35-67(9,10)55(75(53)61(49)81)59(79)71-51(46-21-17-15-18-22-46)39-85-37-43-25-27-45-28-26-44(34-48(45)33-43)38-86-40-52(47-23-19-16-20-24-47)72-60(80)56-68(11,12)36-54-76(56)62(82)50(30-32-90-54)70-58(78)42(2)74(14)64(84)88-66(6,7)8/h15-28,33-34,41-42,49-56H,29-32,35-40H2,1-14H3,(H,69,77)(H,70,78)(H,71,79)(H,72,80)/t41-,42-,49-,50-,51+,52+,53-,54-,55-,56+/m0/s1. The highest BCUT2D eigenvalue weighted by Crippen LogP contribution is 2.48. The molecule has 0 saturated carbocycles. The summed E-state index contributed by atoms with van der Waals surface area (Å²) in [6, 6.07) is 24.8. The lowest BCUT2D eigenvalue weighted by molar-refractivity contribution is -0.144. The van der Waals surface area contributed by atoms with Gasteiger partial charge < -0.3 is 50.0 Å². The van der Waals surface area contributed by atoms with E-state index < -0.39 is 94.4 Å². The summed E-state index contributed by atoms with van der Waals surface area (Å²) in [6.07, 6.45) is 0.550. The predicted octanol–water partition coefficient (Wildman–Crippen LogP) is 9.25. The van der Waals surface area contributed by atoms with E-state index in [2.05, 4.69) is 33.4 Å². The number of nitrogens with one attached hydrogen (secondary N) is 4. The molecule has 0 bridgehead atoms. The van der Waals surface area contributed by atoms with Crippen LogP contribution >= 0.6 is 23.5 Å². The van der Waals surface area contributed by atoms with Crippen LogP contribution in [0, 0.1) is 10.8 Å². The zero-order valence-electron chi connectivity index (χ0n) is 54.6. The summed E-state index contributed by atoms with van der Waals surface area (Å²) in [5, 5.41) is 13.7. The van der Waals surface area contributed by atoms with Gasteiger partial charge >= 0.3 is 12.2 Å². The second kappa shape index (κ2) is 28.7. The van der Waals surface area contributed by atoms with Crippen LogP contribution in [0.4, 0.5) is 9.59 Å². The van der Waals surface area contributed by atoms with E-state index in [-0.39, 0.29) is 60.8 Å². The lowest BCUT2D eigenvalue weighted by Crippen LogP contribution is -2.58. The van der Waals surface area contributed by atoms with Crippen LogP contribution in [-0.2, 0) is 60.9 Å². The largest absolute Gasteiger partial charge is 0.444 e. The third-order valence-corrected chi connectivity index (χ3v) is 19.6. The van der Waals surface area contributed by atoms with Gasteiger partial charge in [-0.1, -0.05) is 113 Å². The average Bonchev–Trinajstić information content (AvgIpc) is 1.68. The first kappa shape index (κ1) is 69.0. The molecule has 4 aromatic rings. The summed E-state index contributed by atoms with van der Waals surface area (Å²) < 4.78 is 23.8. The molecule has 0 aromatic heterocycles. The predicted molar refractivity (Wildman–Crippen MR) is 348 cm³/mol. The molecule has 4 fully saturated rings. The molecule has 0 unspecified atom stereocenters. The van der Waals surface area contributed by atoms with Crippen molar-refractivity contribution in [2.24, 2.45) is 10.8 Å². The number of nitrogens with zero attached hydrogens (tertiary/aromatic N) is 4. The normalized spacial score (nSPS) is 22.7. The van der Waals surface area contributed by atoms with Gasteiger partial charge in [0.05, 0.1) is 49.3 Å². The Morgan fingerprint density at radius 1 is 0.567 bits per heavy atom. The third-order valence-electron chi connectivity index (χ3n) is 17.1. The van der Waals surface area contributed by atoms with E-state index in [9.17, 15) is 38.4 Å². The van der Waals surface area contributed by atoms with E-state index in [1.54, 1.807) is 88.7 Å². The van der Waals surface area contributed by atoms with E-state index in [1.807, 2.05) is 113 Å². The Morgan fingerprint density at radius 2 is 0.933 bits per heavy atom. The zero-order valence-corrected chi connectivity index (χ0v) is 56.2. The fraction of sp³-hybridized carbons (Fsp3) is 0.559. The third kappa shape index (κ3) is 17.0. The number of thioether (sulfide) groups is 2. The van der Waals surface area contributed by atoms with E-state index in [1.165, 1.54) is 23.9 Å². The summed E-state index contributed by atoms with van der Waals surface area (Å²) >= 11 is 3.20. The van der Waals surface area contributed by atoms with E-state index in [0.717, 1.165) is 33.0 Å². The SMILES string of the molecule is C[C@@H](C(=O)N[C@H]1CCS[C@H]2CC(C)(C)[C@H](C(=O)N[C@H](COCc3ccc4ccc(COC[C@@H](NC(=O)[C@H]5N6C(=O)[C@@H](NC(=O)[C@H](C)N(C)C(=O)OC(C)(C)C)CCS[C@H]6CC5(C)C)c5ccccc5)cc4c3)c3ccccc3)N2C1=O)N(C)C(=O)OC(C)(C)C. The van der Waals surface area contributed by atoms with Crippen LogP contribution in [0.1, 0.15) is 143 Å². The topological polar surface area (TPSA) is 235 Å². The van der Waals surface area contributed by atoms with Gasteiger partial charge in [-0.3, -0.25) is 38.6 Å². The van der Waals surface area contributed by atoms with Crippen LogP contribution in [-0.4, -0.2) is 164 Å². The van der Waals surface area contributed by atoms with Crippen molar-refractivity contribution in [2.75, 3.05) is 38.8 Å². The van der Waals surface area contributed by atoms with E-state index >= 15 is 0 Å². The Labute approximate surface area is 538 Å². The van der Waals surface area contributed by atoms with Crippen LogP contribution < -0.4 is 21.3 Å². The Kier molecular flexibility index (Phi) is 22.0. The van der Waals surface area contributed by atoms with Crippen LogP contribution in [0.5, 0.6) is 0 Å². The highest BCUT2D eigenvalue weighted by Gasteiger charge is 2.56. The molecule has 8 rings (SSSR count). The maximum atomic E-state index is 14.8. The fourth-order valence-corrected chi connectivity index (χ4v) is 15.2. The number of hydrogen-bond donors (Lipinski definition) is 4. The molecule has 4 saturated heterocycles. The van der Waals surface area contributed by atoms with Crippen molar-refractivity contribution in [2.45, 2.75) is 192 Å². The van der Waals surface area contributed by atoms with Crippen LogP contribution in [0.2, 0.25) is 0 Å². The number of ether oxygens (including phenoxy) is 4. The lowest BCUT2D eigenvalue weighted by Gasteiger charge is -2.35. The van der Waals surface area contributed by atoms with Crippen LogP contribution in [0.3, 0.4) is 0 Å². The Bertz CT molecular complexity index is 3040. The highest BCUT2D eigenvalue weighted by atomic mass is 32.2. The molecule has 4 aliphatic heterocycles. The van der Waals surface area contributed by atoms with Gasteiger partial charge in [0.1, 0.15) is 47.5 Å². The first-order valence-electron chi connectivity index (χ1n) is 31.1. The van der Waals surface area contributed by atoms with Gasteiger partial charge in [0.25, 0.3) is 0 Å². The smallest absolute Gasteiger partial charge is 0.410 e. The van der Waals surface area contributed by atoms with E-state index in [0.29, 0.717) is 37.2 Å². The molecule has 0 radical (unpaired) electrons. The number of amides is 8. The molecular formula is C68H92N8O12S2. The second-order valence-corrected chi connectivity index (χ2v) is 30.1. The molecule has 488 valence electrons. The summed E-state index contributed by atoms with van der Waals surface area (Å²) in [5.41, 5.74) is 0.727. The molecule has 90 heavy (non-hydrogen) atoms. The van der Waals surface area contributed by atoms with Gasteiger partial charge in [-0.15, -0.1) is 23.5 Å². The van der Waals surface area contributed by atoms with Gasteiger partial charge in [-0.05, 0) is 149 Å². The van der Waals surface area contributed by atoms with Crippen molar-refractivity contribution in [3.8, 4) is 0 Å². The summed E-state index contributed by atoms with van der Waals surface area (Å²) in [6.45, 7) is 22.3. The minimum atomic E-state index is -0.928. The molecule has 10 atom stereocenters. The van der Waals surface area contributed by atoms with Crippen molar-refractivity contribution in [1.29, 1.82) is 0 Å². The lowest BCUT2D eigenvalue weighted by atomic mass is 9.83. The Morgan fingerprint density at radius 3 is 1.29 bits per heavy atom. The molecule has 4 aliphatic rings. The molecular weight excluding hydrogens is 1180 g/mol. The molecule has 0 spiro atoms. The van der Waals surface area contributed by atoms with Crippen molar-refractivity contribution in [1.82, 2.24) is 40.9 Å². The van der Waals surface area contributed by atoms with Crippen molar-refractivity contribution >= 4 is 81.9 Å². The molecule has 20 nitrogen and oxygen atoms in total. The van der Waals surface area contributed by atoms with Gasteiger partial charge in [-0.2, -0.15) is 0 Å². The molecule has 4 aromatic carbocycles. The number of hydrogen-bond acceptors (Lipinski definition) is 14. The Hall–Kier alpha value is -6.88. The van der Waals surface area contributed by atoms with Crippen molar-refractivity contribution in [3.63, 3.8) is 0 Å². The minimum Gasteiger partial charge on any atom is -0.444 e. The molecule has 8 amide bonds. The van der Waals surface area contributed by atoms with Gasteiger partial charge in [0, 0.05) is 14.1 Å². The summed E-state index contributed by atoms with van der Waals surface area (Å²) in [4.78, 5) is 117. The zero-order chi connectivity index (χ0) is 65.6. The number of carbonyl (C=O) groups is 8. The first-order chi connectivity index (χ1) is 42.3. The van der Waals surface area contributed by atoms with E-state index in [4.69, 9.17) is 18.9 Å². The highest BCUT2D eigenvalue weighted by molar-refractivity contribution is 8.00. The van der Waals surface area contributed by atoms with Crippen molar-refractivity contribution < 1.29 is 57.3 Å². The van der Waals surface area contributed by atoms with Crippen LogP contribution in [0.25, 0.3) is 10.8 Å². The number of carbonyl (C=O) groups excluding carboxylic acids is 8. The van der Waals surface area contributed by atoms with Crippen molar-refractivity contribution in [3.05, 3.63) is 119 Å². The number of fused-ring (bicyclic) bond motifs is 3. The van der Waals surface area contributed by atoms with Crippen LogP contribution in [0.15, 0.2) is 97.1 Å². The number of benzene rings is 4. The minimum absolute atomic E-state index is 0.128. The second-order valence-electron chi connectivity index (χ2n) is 27.6. The van der Waals surface area contributed by atoms with Gasteiger partial charge in [0.15, 0.2) is 0 Å². The monoisotopic (exact) mass is 1280 g/mol. The Balaban J connectivity index is 0.899. The average molecular weight is 1280 g/mol. The molecule has 22 heteroatoms. The maximum absolute atomic E-state index is 14.8. The molecule has 0 aliphatic carbocycles. The molecule has 4 heterocycles.